The third-order valence-electron chi connectivity index (χ3n) is 24.3. The lowest BCUT2D eigenvalue weighted by atomic mass is 10.0. The van der Waals surface area contributed by atoms with E-state index in [4.69, 9.17) is 95.3 Å². The first kappa shape index (κ1) is 85.9. The second kappa shape index (κ2) is 39.7. The number of nitriles is 3. The van der Waals surface area contributed by atoms with E-state index in [0.717, 1.165) is 163 Å². The fraction of sp³-hybridized carbons (Fsp3) is 0.512. The Morgan fingerprint density at radius 1 is 0.441 bits per heavy atom. The highest BCUT2D eigenvalue weighted by Crippen LogP contribution is 2.42. The van der Waals surface area contributed by atoms with E-state index >= 15 is 0 Å². The molecule has 32 heteroatoms. The van der Waals surface area contributed by atoms with Gasteiger partial charge in [0.05, 0.1) is 126 Å². The fourth-order valence-corrected chi connectivity index (χ4v) is 18.5. The molecule has 9 aliphatic rings. The van der Waals surface area contributed by atoms with Crippen LogP contribution in [0.15, 0.2) is 92.6 Å². The average molecular weight is 1690 g/mol. The summed E-state index contributed by atoms with van der Waals surface area (Å²) in [5.74, 6) is 2.69. The molecule has 9 aliphatic heterocycles. The first-order valence-corrected chi connectivity index (χ1v) is 42.3. The van der Waals surface area contributed by atoms with Gasteiger partial charge in [-0.05, 0) is 166 Å². The summed E-state index contributed by atoms with van der Waals surface area (Å²) in [5.41, 5.74) is 9.92. The van der Waals surface area contributed by atoms with Gasteiger partial charge in [-0.3, -0.25) is 14.4 Å². The normalized spacial score (nSPS) is 21.3. The van der Waals surface area contributed by atoms with Gasteiger partial charge in [-0.15, -0.1) is 0 Å². The topological polar surface area (TPSA) is 276 Å². The minimum absolute atomic E-state index is 0.142. The maximum Gasteiger partial charge on any atom is 0.318 e. The highest BCUT2D eigenvalue weighted by molar-refractivity contribution is 6.43. The van der Waals surface area contributed by atoms with Crippen molar-refractivity contribution in [3.8, 4) is 42.0 Å². The molecule has 12 heterocycles. The van der Waals surface area contributed by atoms with Gasteiger partial charge in [0.25, 0.3) is 0 Å². The first-order valence-electron chi connectivity index (χ1n) is 40.8. The first-order chi connectivity index (χ1) is 57.2. The molecule has 3 aromatic carbocycles. The Morgan fingerprint density at radius 3 is 1.13 bits per heavy atom. The molecule has 15 rings (SSSR count). The van der Waals surface area contributed by atoms with Crippen LogP contribution in [-0.2, 0) is 53.3 Å². The zero-order chi connectivity index (χ0) is 83.3. The Bertz CT molecular complexity index is 4600. The summed E-state index contributed by atoms with van der Waals surface area (Å²) in [6, 6.07) is 25.5. The third-order valence-corrected chi connectivity index (χ3v) is 25.9. The van der Waals surface area contributed by atoms with Crippen molar-refractivity contribution in [1.29, 1.82) is 15.8 Å². The summed E-state index contributed by atoms with van der Waals surface area (Å²) in [6.45, 7) is 26.6. The van der Waals surface area contributed by atoms with Crippen LogP contribution < -0.4 is 48.3 Å². The number of hydrogen-bond donors (Lipinski definition) is 0. The Hall–Kier alpha value is -9.96. The number of halogens is 4. The summed E-state index contributed by atoms with van der Waals surface area (Å²) in [4.78, 5) is 92.3. The van der Waals surface area contributed by atoms with E-state index in [9.17, 15) is 30.2 Å². The molecule has 0 radical (unpaired) electrons. The van der Waals surface area contributed by atoms with Crippen LogP contribution in [0.5, 0.6) is 23.8 Å². The smallest absolute Gasteiger partial charge is 0.318 e. The molecule has 0 saturated carbocycles. The van der Waals surface area contributed by atoms with Crippen molar-refractivity contribution >= 4 is 98.6 Å². The predicted octanol–water partition coefficient (Wildman–Crippen LogP) is 10.8. The molecule has 28 nitrogen and oxygen atoms in total. The summed E-state index contributed by atoms with van der Waals surface area (Å²) >= 11 is 25.8. The largest absolute Gasteiger partial charge is 0.493 e. The molecule has 0 N–H and O–H groups in total. The number of carbonyl (C=O) groups excluding carboxylic acids is 3. The molecule has 6 saturated heterocycles. The fourth-order valence-electron chi connectivity index (χ4n) is 17.7. The number of ether oxygens (including phenoxy) is 4. The van der Waals surface area contributed by atoms with Crippen molar-refractivity contribution in [3.63, 3.8) is 0 Å². The molecule has 6 aromatic rings. The van der Waals surface area contributed by atoms with E-state index in [2.05, 4.69) is 109 Å². The zero-order valence-electron chi connectivity index (χ0n) is 68.1. The standard InChI is InChI=1S/C29H36ClN7O3.C29H36ClN7O2.C28H33Cl2N7O2/c1-4-26(38)37-16-15-36(17-20(37)10-12-31)28-22-11-14-35(25-9-5-8-23(30)27(25)39-3)18-24(22)32-29(33-28)40-19-21-7-6-13-34(21)2;1-4-27(38)37-16-15-36(17-21(37)10-12-31)28-23-11-14-35(26-9-5-8-24(30)20(26)2)18-25(23)32-29(33-28)39-19-22-7-6-13-34(22)3;1-3-25(38)37-15-14-36(16-19(37)9-11-31)27-21-10-13-35(24-8-4-7-22(29)26(24)30)17-23(21)32-28(33-27)39-18-20-6-5-12-34(20)2/h4-5,8-9,20-21H,1,6-7,10-11,13-19H2,2-3H3;4-5,8-9,21-22H,1,6-7,10-11,13-19H2,2-3H3;3-4,7-8,19-20H,1,5-6,9-10,12-18H2,2H3/t20-,21-;21-,22-;19-,20-/m000/s1. The number of benzene rings is 3. The van der Waals surface area contributed by atoms with Crippen LogP contribution in [-0.4, -0.2) is 260 Å². The van der Waals surface area contributed by atoms with Crippen molar-refractivity contribution in [2.45, 2.75) is 140 Å². The van der Waals surface area contributed by atoms with Crippen LogP contribution in [0.4, 0.5) is 34.5 Å². The van der Waals surface area contributed by atoms with Gasteiger partial charge < -0.3 is 77.7 Å². The molecule has 0 bridgehead atoms. The zero-order valence-corrected chi connectivity index (χ0v) is 71.1. The minimum atomic E-state index is -0.248. The van der Waals surface area contributed by atoms with E-state index in [-0.39, 0.29) is 55.1 Å². The number of para-hydroxylation sites is 1. The lowest BCUT2D eigenvalue weighted by molar-refractivity contribution is -0.129. The molecule has 624 valence electrons. The molecule has 0 unspecified atom stereocenters. The molecule has 0 spiro atoms. The lowest BCUT2D eigenvalue weighted by Crippen LogP contribution is -2.55. The number of fused-ring (bicyclic) bond motifs is 3. The van der Waals surface area contributed by atoms with E-state index in [1.807, 2.05) is 49.4 Å². The number of anilines is 6. The Kier molecular flexibility index (Phi) is 28.9. The van der Waals surface area contributed by atoms with Crippen molar-refractivity contribution in [2.24, 2.45) is 0 Å². The number of likely N-dealkylation sites (tertiary alicyclic amines) is 3. The SMILES string of the molecule is C=CC(=O)N1CCN(c2nc(OC[C@@H]3CCCN3C)nc3c2CCN(c2cccc(Cl)c2C)C3)C[C@@H]1CC#N.C=CC(=O)N1CCN(c2nc(OC[C@@H]3CCCN3C)nc3c2CCN(c2cccc(Cl)c2Cl)C3)C[C@@H]1CC#N.C=CC(=O)N1CCN(c2nc(OC[C@@H]3CCCN3C)nc3c2CCN(c2cccc(Cl)c2OC)C3)C[C@@H]1CC#N. The number of amides is 3. The van der Waals surface area contributed by atoms with Gasteiger partial charge in [0, 0.05) is 124 Å². The molecule has 3 amide bonds. The van der Waals surface area contributed by atoms with Crippen LogP contribution >= 0.6 is 46.4 Å². The average Bonchev–Trinajstić information content (AvgIpc) is 0.861. The quantitative estimate of drug-likeness (QED) is 0.0571. The van der Waals surface area contributed by atoms with E-state index in [1.54, 1.807) is 27.9 Å². The summed E-state index contributed by atoms with van der Waals surface area (Å²) in [5, 5.41) is 30.7. The van der Waals surface area contributed by atoms with Gasteiger partial charge in [-0.25, -0.2) is 0 Å². The number of likely N-dealkylation sites (N-methyl/N-ethyl adjacent to an activating group) is 3. The van der Waals surface area contributed by atoms with E-state index in [1.165, 1.54) is 24.6 Å². The van der Waals surface area contributed by atoms with Gasteiger partial charge in [-0.1, -0.05) is 84.3 Å². The monoisotopic (exact) mass is 1680 g/mol. The number of piperazine rings is 3. The number of hydrogen-bond acceptors (Lipinski definition) is 25. The summed E-state index contributed by atoms with van der Waals surface area (Å²) in [6.07, 6.45) is 13.7. The predicted molar refractivity (Wildman–Crippen MR) is 459 cm³/mol. The molecule has 6 atom stereocenters. The second-order valence-electron chi connectivity index (χ2n) is 31.4. The number of methoxy groups -OCH3 is 1. The third kappa shape index (κ3) is 19.6. The second-order valence-corrected chi connectivity index (χ2v) is 33.0. The molecule has 6 fully saturated rings. The Morgan fingerprint density at radius 2 is 0.780 bits per heavy atom. The van der Waals surface area contributed by atoms with Crippen LogP contribution in [0.3, 0.4) is 0 Å². The van der Waals surface area contributed by atoms with E-state index < -0.39 is 0 Å². The number of nitrogens with zero attached hydrogens (tertiary/aromatic N) is 21. The molecule has 3 aromatic heterocycles. The summed E-state index contributed by atoms with van der Waals surface area (Å²) in [7, 11) is 8.00. The van der Waals surface area contributed by atoms with E-state index in [0.29, 0.717) is 162 Å². The maximum absolute atomic E-state index is 12.5. The van der Waals surface area contributed by atoms with Gasteiger partial charge in [0.2, 0.25) is 17.7 Å². The van der Waals surface area contributed by atoms with Crippen molar-refractivity contribution in [2.75, 3.05) is 176 Å². The highest BCUT2D eigenvalue weighted by Gasteiger charge is 2.39. The van der Waals surface area contributed by atoms with Crippen LogP contribution in [0.1, 0.15) is 97.1 Å². The molecular weight excluding hydrogens is 1580 g/mol. The van der Waals surface area contributed by atoms with Crippen LogP contribution in [0, 0.1) is 40.9 Å². The minimum Gasteiger partial charge on any atom is -0.493 e. The molecule has 118 heavy (non-hydrogen) atoms. The van der Waals surface area contributed by atoms with Gasteiger partial charge in [-0.2, -0.15) is 45.7 Å². The van der Waals surface area contributed by atoms with Gasteiger partial charge in [0.1, 0.15) is 37.3 Å². The van der Waals surface area contributed by atoms with Crippen molar-refractivity contribution in [3.05, 3.63) is 152 Å². The summed E-state index contributed by atoms with van der Waals surface area (Å²) < 4.78 is 24.3. The highest BCUT2D eigenvalue weighted by atomic mass is 35.5. The number of aromatic nitrogens is 6. The van der Waals surface area contributed by atoms with Crippen LogP contribution in [0.2, 0.25) is 20.1 Å². The van der Waals surface area contributed by atoms with Crippen LogP contribution in [0.25, 0.3) is 0 Å². The number of carbonyl (C=O) groups is 3. The molecule has 0 aliphatic carbocycles. The van der Waals surface area contributed by atoms with Crippen molar-refractivity contribution < 1.29 is 33.3 Å². The Balaban J connectivity index is 0.000000153. The Labute approximate surface area is 712 Å². The molecular formula is C86H105Cl4N21O7. The van der Waals surface area contributed by atoms with Gasteiger partial charge >= 0.3 is 18.0 Å². The lowest BCUT2D eigenvalue weighted by Gasteiger charge is -2.42. The van der Waals surface area contributed by atoms with Crippen molar-refractivity contribution in [1.82, 2.24) is 59.3 Å². The number of rotatable bonds is 22. The maximum atomic E-state index is 12.5. The van der Waals surface area contributed by atoms with Gasteiger partial charge in [0.15, 0.2) is 5.75 Å².